The average Bonchev–Trinajstić information content (AvgIpc) is 2.73. The highest BCUT2D eigenvalue weighted by Crippen LogP contribution is 2.18. The number of aryl methyl sites for hydroxylation is 2. The van der Waals surface area contributed by atoms with E-state index in [1.54, 1.807) is 11.6 Å². The first-order valence-electron chi connectivity index (χ1n) is 7.72. The standard InChI is InChI=1S/C15H25N5O2/c1-10-14(11(2)18(5)17-10)16-15(22)12(3)19-6-8-20(9-7-19)13(4)21/h12H,6-9H2,1-5H3,(H,16,22)/p+1/t12-/m0/s1. The molecule has 7 heteroatoms. The maximum atomic E-state index is 12.5. The molecule has 0 unspecified atom stereocenters. The molecule has 0 aromatic carbocycles. The number of piperazine rings is 1. The van der Waals surface area contributed by atoms with Crippen molar-refractivity contribution in [2.24, 2.45) is 7.05 Å². The van der Waals surface area contributed by atoms with Gasteiger partial charge in [0.15, 0.2) is 6.04 Å². The van der Waals surface area contributed by atoms with Gasteiger partial charge in [0.25, 0.3) is 5.91 Å². The van der Waals surface area contributed by atoms with Crippen LogP contribution in [0.3, 0.4) is 0 Å². The molecule has 0 spiro atoms. The molecular formula is C15H26N5O2+. The fraction of sp³-hybridized carbons (Fsp3) is 0.667. The molecule has 0 aliphatic carbocycles. The van der Waals surface area contributed by atoms with Crippen molar-refractivity contribution in [1.82, 2.24) is 14.7 Å². The molecule has 1 aliphatic rings. The normalized spacial score (nSPS) is 17.4. The lowest BCUT2D eigenvalue weighted by Gasteiger charge is -2.34. The van der Waals surface area contributed by atoms with Crippen LogP contribution in [0.4, 0.5) is 5.69 Å². The molecule has 0 saturated carbocycles. The molecule has 1 atom stereocenters. The Balaban J connectivity index is 1.97. The van der Waals surface area contributed by atoms with E-state index in [0.717, 1.165) is 30.2 Å². The van der Waals surface area contributed by atoms with Crippen LogP contribution in [0.5, 0.6) is 0 Å². The Morgan fingerprint density at radius 1 is 1.27 bits per heavy atom. The molecule has 2 amide bonds. The van der Waals surface area contributed by atoms with Crippen molar-refractivity contribution < 1.29 is 14.5 Å². The summed E-state index contributed by atoms with van der Waals surface area (Å²) < 4.78 is 1.77. The van der Waals surface area contributed by atoms with E-state index in [0.29, 0.717) is 13.1 Å². The van der Waals surface area contributed by atoms with Gasteiger partial charge in [0.05, 0.1) is 43.3 Å². The minimum atomic E-state index is -0.145. The zero-order valence-corrected chi connectivity index (χ0v) is 14.1. The summed E-state index contributed by atoms with van der Waals surface area (Å²) in [5.41, 5.74) is 2.59. The molecule has 2 rings (SSSR count). The van der Waals surface area contributed by atoms with Crippen molar-refractivity contribution in [2.45, 2.75) is 33.7 Å². The minimum Gasteiger partial charge on any atom is -0.332 e. The van der Waals surface area contributed by atoms with Crippen molar-refractivity contribution in [1.29, 1.82) is 0 Å². The third-order valence-electron chi connectivity index (χ3n) is 4.61. The first kappa shape index (κ1) is 16.5. The number of hydrogen-bond donors (Lipinski definition) is 2. The fourth-order valence-electron chi connectivity index (χ4n) is 2.91. The number of nitrogens with zero attached hydrogens (tertiary/aromatic N) is 3. The predicted molar refractivity (Wildman–Crippen MR) is 83.7 cm³/mol. The van der Waals surface area contributed by atoms with E-state index in [1.807, 2.05) is 32.7 Å². The van der Waals surface area contributed by atoms with Crippen molar-refractivity contribution in [2.75, 3.05) is 31.5 Å². The lowest BCUT2D eigenvalue weighted by atomic mass is 10.2. The van der Waals surface area contributed by atoms with Crippen LogP contribution in [-0.2, 0) is 16.6 Å². The first-order chi connectivity index (χ1) is 10.3. The lowest BCUT2D eigenvalue weighted by Crippen LogP contribution is -3.19. The topological polar surface area (TPSA) is 71.7 Å². The van der Waals surface area contributed by atoms with Crippen LogP contribution < -0.4 is 10.2 Å². The average molecular weight is 308 g/mol. The monoisotopic (exact) mass is 308 g/mol. The van der Waals surface area contributed by atoms with E-state index in [1.165, 1.54) is 4.90 Å². The van der Waals surface area contributed by atoms with E-state index in [9.17, 15) is 9.59 Å². The quantitative estimate of drug-likeness (QED) is 0.761. The zero-order chi connectivity index (χ0) is 16.4. The highest BCUT2D eigenvalue weighted by molar-refractivity contribution is 5.94. The summed E-state index contributed by atoms with van der Waals surface area (Å²) in [5, 5.41) is 7.32. The van der Waals surface area contributed by atoms with Crippen molar-refractivity contribution in [3.05, 3.63) is 11.4 Å². The molecule has 0 bridgehead atoms. The summed E-state index contributed by atoms with van der Waals surface area (Å²) in [6, 6.07) is -0.145. The Bertz CT molecular complexity index is 573. The number of carbonyl (C=O) groups is 2. The molecule has 122 valence electrons. The molecule has 7 nitrogen and oxygen atoms in total. The highest BCUT2D eigenvalue weighted by Gasteiger charge is 2.30. The number of nitrogens with one attached hydrogen (secondary N) is 2. The van der Waals surface area contributed by atoms with Gasteiger partial charge < -0.3 is 15.1 Å². The molecule has 0 radical (unpaired) electrons. The number of carbonyl (C=O) groups excluding carboxylic acids is 2. The van der Waals surface area contributed by atoms with Gasteiger partial charge in [-0.25, -0.2) is 0 Å². The van der Waals surface area contributed by atoms with Gasteiger partial charge in [-0.1, -0.05) is 0 Å². The predicted octanol–water partition coefficient (Wildman–Crippen LogP) is -0.889. The molecule has 1 aliphatic heterocycles. The van der Waals surface area contributed by atoms with Crippen LogP contribution in [0.2, 0.25) is 0 Å². The highest BCUT2D eigenvalue weighted by atomic mass is 16.2. The van der Waals surface area contributed by atoms with Crippen LogP contribution >= 0.6 is 0 Å². The largest absolute Gasteiger partial charge is 0.332 e. The van der Waals surface area contributed by atoms with Gasteiger partial charge in [0.2, 0.25) is 5.91 Å². The summed E-state index contributed by atoms with van der Waals surface area (Å²) in [5.74, 6) is 0.114. The van der Waals surface area contributed by atoms with Gasteiger partial charge in [0.1, 0.15) is 0 Å². The minimum absolute atomic E-state index is 0.00507. The SMILES string of the molecule is CC(=O)N1CC[NH+]([C@@H](C)C(=O)Nc2c(C)nn(C)c2C)CC1. The van der Waals surface area contributed by atoms with Gasteiger partial charge in [-0.3, -0.25) is 14.3 Å². The Morgan fingerprint density at radius 2 is 1.86 bits per heavy atom. The second-order valence-corrected chi connectivity index (χ2v) is 6.04. The molecule has 2 heterocycles. The maximum Gasteiger partial charge on any atom is 0.282 e. The molecule has 1 aromatic rings. The van der Waals surface area contributed by atoms with Gasteiger partial charge in [0, 0.05) is 14.0 Å². The second kappa shape index (κ2) is 6.48. The molecule has 1 aromatic heterocycles. The Morgan fingerprint density at radius 3 is 2.32 bits per heavy atom. The van der Waals surface area contributed by atoms with Crippen molar-refractivity contribution >= 4 is 17.5 Å². The van der Waals surface area contributed by atoms with Crippen molar-refractivity contribution in [3.63, 3.8) is 0 Å². The van der Waals surface area contributed by atoms with Crippen LogP contribution in [-0.4, -0.2) is 58.7 Å². The van der Waals surface area contributed by atoms with Crippen LogP contribution in [0, 0.1) is 13.8 Å². The Labute approximate surface area is 131 Å². The molecule has 1 saturated heterocycles. The van der Waals surface area contributed by atoms with E-state index < -0.39 is 0 Å². The maximum absolute atomic E-state index is 12.5. The zero-order valence-electron chi connectivity index (χ0n) is 14.1. The van der Waals surface area contributed by atoms with Crippen LogP contribution in [0.1, 0.15) is 25.2 Å². The van der Waals surface area contributed by atoms with Gasteiger partial charge >= 0.3 is 0 Å². The molecular weight excluding hydrogens is 282 g/mol. The van der Waals surface area contributed by atoms with Gasteiger partial charge in [-0.05, 0) is 20.8 Å². The van der Waals surface area contributed by atoms with E-state index in [-0.39, 0.29) is 17.9 Å². The summed E-state index contributed by atoms with van der Waals surface area (Å²) >= 11 is 0. The fourth-order valence-corrected chi connectivity index (χ4v) is 2.91. The van der Waals surface area contributed by atoms with Gasteiger partial charge in [-0.2, -0.15) is 5.10 Å². The third-order valence-corrected chi connectivity index (χ3v) is 4.61. The number of aromatic nitrogens is 2. The third kappa shape index (κ3) is 3.30. The van der Waals surface area contributed by atoms with Crippen LogP contribution in [0.15, 0.2) is 0 Å². The Hall–Kier alpha value is -1.89. The number of anilines is 1. The summed E-state index contributed by atoms with van der Waals surface area (Å²) in [6.07, 6.45) is 0. The number of amides is 2. The van der Waals surface area contributed by atoms with E-state index >= 15 is 0 Å². The molecule has 2 N–H and O–H groups in total. The Kier molecular flexibility index (Phi) is 4.85. The van der Waals surface area contributed by atoms with Crippen molar-refractivity contribution in [3.8, 4) is 0 Å². The van der Waals surface area contributed by atoms with E-state index in [2.05, 4.69) is 10.4 Å². The molecule has 22 heavy (non-hydrogen) atoms. The number of quaternary nitrogens is 1. The summed E-state index contributed by atoms with van der Waals surface area (Å²) in [6.45, 7) is 10.4. The van der Waals surface area contributed by atoms with Gasteiger partial charge in [-0.15, -0.1) is 0 Å². The van der Waals surface area contributed by atoms with E-state index in [4.69, 9.17) is 0 Å². The summed E-state index contributed by atoms with van der Waals surface area (Å²) in [4.78, 5) is 26.9. The number of hydrogen-bond acceptors (Lipinski definition) is 3. The van der Waals surface area contributed by atoms with Crippen LogP contribution in [0.25, 0.3) is 0 Å². The smallest absolute Gasteiger partial charge is 0.282 e. The number of rotatable bonds is 3. The summed E-state index contributed by atoms with van der Waals surface area (Å²) in [7, 11) is 1.87. The lowest BCUT2D eigenvalue weighted by molar-refractivity contribution is -0.917. The molecule has 1 fully saturated rings. The first-order valence-corrected chi connectivity index (χ1v) is 7.72. The second-order valence-electron chi connectivity index (χ2n) is 6.04.